The van der Waals surface area contributed by atoms with Crippen molar-refractivity contribution >= 4 is 0 Å². The first-order chi connectivity index (χ1) is 12.3. The molecule has 0 aromatic heterocycles. The predicted molar refractivity (Wildman–Crippen MR) is 103 cm³/mol. The molecule has 26 heavy (non-hydrogen) atoms. The van der Waals surface area contributed by atoms with Gasteiger partial charge in [-0.05, 0) is 104 Å². The SMILES string of the molecule is C[C@H](CCO)C1CCC2C3C(CC[C@@]21C)[C@@]1(C)CC[C@@H](O)C[C@H]1C[C@H]3O. The Hall–Kier alpha value is -0.120. The minimum absolute atomic E-state index is 0.152. The van der Waals surface area contributed by atoms with Crippen molar-refractivity contribution in [3.8, 4) is 0 Å². The van der Waals surface area contributed by atoms with E-state index in [2.05, 4.69) is 20.8 Å². The zero-order valence-electron chi connectivity index (χ0n) is 17.0. The molecule has 4 unspecified atom stereocenters. The lowest BCUT2D eigenvalue weighted by molar-refractivity contribution is -0.174. The van der Waals surface area contributed by atoms with Crippen molar-refractivity contribution < 1.29 is 15.3 Å². The van der Waals surface area contributed by atoms with E-state index in [9.17, 15) is 15.3 Å². The molecule has 0 aromatic carbocycles. The average Bonchev–Trinajstić information content (AvgIpc) is 2.94. The molecule has 4 aliphatic rings. The Balaban J connectivity index is 1.61. The van der Waals surface area contributed by atoms with Crippen molar-refractivity contribution in [2.45, 2.75) is 90.8 Å². The molecule has 4 rings (SSSR count). The summed E-state index contributed by atoms with van der Waals surface area (Å²) in [6.45, 7) is 7.62. The number of rotatable bonds is 3. The molecule has 0 saturated heterocycles. The number of hydrogen-bond acceptors (Lipinski definition) is 3. The Kier molecular flexibility index (Phi) is 4.98. The molecule has 0 aromatic rings. The van der Waals surface area contributed by atoms with Gasteiger partial charge in [0.1, 0.15) is 0 Å². The van der Waals surface area contributed by atoms with Crippen LogP contribution in [0.1, 0.15) is 78.6 Å². The first kappa shape index (κ1) is 19.2. The average molecular weight is 365 g/mol. The van der Waals surface area contributed by atoms with Crippen LogP contribution >= 0.6 is 0 Å². The molecule has 150 valence electrons. The molecule has 0 aliphatic heterocycles. The Bertz CT molecular complexity index is 522. The fourth-order valence-electron chi connectivity index (χ4n) is 8.58. The molecule has 0 amide bonds. The lowest BCUT2D eigenvalue weighted by Gasteiger charge is -2.62. The number of hydrogen-bond donors (Lipinski definition) is 3. The fourth-order valence-corrected chi connectivity index (χ4v) is 8.58. The van der Waals surface area contributed by atoms with Gasteiger partial charge in [-0.2, -0.15) is 0 Å². The second-order valence-electron chi connectivity index (χ2n) is 10.9. The van der Waals surface area contributed by atoms with Crippen LogP contribution in [0, 0.1) is 46.3 Å². The Morgan fingerprint density at radius 2 is 1.62 bits per heavy atom. The van der Waals surface area contributed by atoms with Crippen molar-refractivity contribution in [3.63, 3.8) is 0 Å². The molecule has 10 atom stereocenters. The maximum atomic E-state index is 11.2. The molecule has 4 fully saturated rings. The van der Waals surface area contributed by atoms with Crippen molar-refractivity contribution in [2.75, 3.05) is 6.61 Å². The van der Waals surface area contributed by atoms with Crippen molar-refractivity contribution in [2.24, 2.45) is 46.3 Å². The van der Waals surface area contributed by atoms with Gasteiger partial charge in [0.05, 0.1) is 12.2 Å². The van der Waals surface area contributed by atoms with Gasteiger partial charge in [0, 0.05) is 6.61 Å². The Labute approximate surface area is 159 Å². The smallest absolute Gasteiger partial charge is 0.0577 e. The molecule has 0 spiro atoms. The summed E-state index contributed by atoms with van der Waals surface area (Å²) >= 11 is 0. The van der Waals surface area contributed by atoms with Crippen LogP contribution in [0.3, 0.4) is 0 Å². The third-order valence-electron chi connectivity index (χ3n) is 10.0. The molecule has 0 heterocycles. The molecule has 0 bridgehead atoms. The topological polar surface area (TPSA) is 60.7 Å². The third kappa shape index (κ3) is 2.71. The van der Waals surface area contributed by atoms with Crippen LogP contribution in [0.5, 0.6) is 0 Å². The van der Waals surface area contributed by atoms with Crippen molar-refractivity contribution in [1.29, 1.82) is 0 Å². The lowest BCUT2D eigenvalue weighted by Crippen LogP contribution is -2.58. The minimum Gasteiger partial charge on any atom is -0.396 e. The standard InChI is InChI=1S/C23H40O3/c1-14(8-11-24)17-4-5-18-21-19(7-10-23(17,18)3)22(2)9-6-16(25)12-15(22)13-20(21)26/h14-21,24-26H,4-13H2,1-3H3/t14-,15+,16-,17?,18?,19?,20-,21?,22+,23-/m1/s1. The second-order valence-corrected chi connectivity index (χ2v) is 10.9. The summed E-state index contributed by atoms with van der Waals surface area (Å²) in [5.41, 5.74) is 0.660. The summed E-state index contributed by atoms with van der Waals surface area (Å²) in [5, 5.41) is 30.8. The highest BCUT2D eigenvalue weighted by Crippen LogP contribution is 2.68. The molecular formula is C23H40O3. The predicted octanol–water partition coefficient (Wildman–Crippen LogP) is 4.00. The van der Waals surface area contributed by atoms with E-state index in [-0.39, 0.29) is 12.2 Å². The van der Waals surface area contributed by atoms with E-state index < -0.39 is 0 Å². The minimum atomic E-state index is -0.181. The fraction of sp³-hybridized carbons (Fsp3) is 1.00. The van der Waals surface area contributed by atoms with Crippen LogP contribution in [0.25, 0.3) is 0 Å². The highest BCUT2D eigenvalue weighted by atomic mass is 16.3. The van der Waals surface area contributed by atoms with E-state index in [1.165, 1.54) is 25.7 Å². The lowest BCUT2D eigenvalue weighted by atomic mass is 9.43. The number of aliphatic hydroxyl groups excluding tert-OH is 3. The maximum Gasteiger partial charge on any atom is 0.0577 e. The van der Waals surface area contributed by atoms with E-state index in [0.29, 0.717) is 52.9 Å². The van der Waals surface area contributed by atoms with Crippen LogP contribution in [-0.2, 0) is 0 Å². The summed E-state index contributed by atoms with van der Waals surface area (Å²) in [4.78, 5) is 0. The highest BCUT2D eigenvalue weighted by molar-refractivity contribution is 5.11. The molecule has 3 heteroatoms. The van der Waals surface area contributed by atoms with E-state index in [1.54, 1.807) is 0 Å². The van der Waals surface area contributed by atoms with Gasteiger partial charge in [-0.25, -0.2) is 0 Å². The zero-order valence-corrected chi connectivity index (χ0v) is 17.0. The van der Waals surface area contributed by atoms with E-state index in [0.717, 1.165) is 32.1 Å². The summed E-state index contributed by atoms with van der Waals surface area (Å²) < 4.78 is 0. The van der Waals surface area contributed by atoms with Crippen LogP contribution in [0.15, 0.2) is 0 Å². The first-order valence-electron chi connectivity index (χ1n) is 11.3. The zero-order chi connectivity index (χ0) is 18.7. The van der Waals surface area contributed by atoms with E-state index in [1.807, 2.05) is 0 Å². The Morgan fingerprint density at radius 3 is 2.35 bits per heavy atom. The van der Waals surface area contributed by atoms with E-state index in [4.69, 9.17) is 0 Å². The molecule has 3 nitrogen and oxygen atoms in total. The number of fused-ring (bicyclic) bond motifs is 5. The number of aliphatic hydroxyl groups is 3. The molecule has 0 radical (unpaired) electrons. The molecule has 3 N–H and O–H groups in total. The van der Waals surface area contributed by atoms with Gasteiger partial charge in [-0.3, -0.25) is 0 Å². The second kappa shape index (κ2) is 6.74. The highest BCUT2D eigenvalue weighted by Gasteiger charge is 2.62. The molecule has 4 aliphatic carbocycles. The van der Waals surface area contributed by atoms with Crippen LogP contribution in [0.2, 0.25) is 0 Å². The van der Waals surface area contributed by atoms with Gasteiger partial charge in [0.2, 0.25) is 0 Å². The summed E-state index contributed by atoms with van der Waals surface area (Å²) in [5.74, 6) is 3.52. The quantitative estimate of drug-likeness (QED) is 0.709. The van der Waals surface area contributed by atoms with Crippen molar-refractivity contribution in [1.82, 2.24) is 0 Å². The maximum absolute atomic E-state index is 11.2. The van der Waals surface area contributed by atoms with Crippen molar-refractivity contribution in [3.05, 3.63) is 0 Å². The van der Waals surface area contributed by atoms with E-state index >= 15 is 0 Å². The van der Waals surface area contributed by atoms with Gasteiger partial charge < -0.3 is 15.3 Å². The largest absolute Gasteiger partial charge is 0.396 e. The third-order valence-corrected chi connectivity index (χ3v) is 10.0. The van der Waals surface area contributed by atoms with Gasteiger partial charge in [-0.15, -0.1) is 0 Å². The monoisotopic (exact) mass is 364 g/mol. The van der Waals surface area contributed by atoms with Crippen LogP contribution in [0.4, 0.5) is 0 Å². The van der Waals surface area contributed by atoms with Gasteiger partial charge in [-0.1, -0.05) is 20.8 Å². The first-order valence-corrected chi connectivity index (χ1v) is 11.3. The van der Waals surface area contributed by atoms with Gasteiger partial charge in [0.15, 0.2) is 0 Å². The summed E-state index contributed by atoms with van der Waals surface area (Å²) in [6, 6.07) is 0. The molecule has 4 saturated carbocycles. The van der Waals surface area contributed by atoms with Gasteiger partial charge in [0.25, 0.3) is 0 Å². The van der Waals surface area contributed by atoms with Crippen LogP contribution in [-0.4, -0.2) is 34.1 Å². The van der Waals surface area contributed by atoms with Crippen LogP contribution < -0.4 is 0 Å². The summed E-state index contributed by atoms with van der Waals surface area (Å²) in [6.07, 6.45) is 9.55. The molecular weight excluding hydrogens is 324 g/mol. The van der Waals surface area contributed by atoms with Gasteiger partial charge >= 0.3 is 0 Å². The Morgan fingerprint density at radius 1 is 0.923 bits per heavy atom. The summed E-state index contributed by atoms with van der Waals surface area (Å²) in [7, 11) is 0. The normalized spacial score (nSPS) is 54.9.